The molecule has 9 nitrogen and oxygen atoms in total. The fraction of sp³-hybridized carbons (Fsp3) is 0.263. The summed E-state index contributed by atoms with van der Waals surface area (Å²) < 4.78 is 21.1. The fourth-order valence-corrected chi connectivity index (χ4v) is 7.89. The summed E-state index contributed by atoms with van der Waals surface area (Å²) >= 11 is 8.60. The Hall–Kier alpha value is -4.48. The molecule has 1 aliphatic rings. The zero-order chi connectivity index (χ0) is 34.1. The van der Waals surface area contributed by atoms with Crippen molar-refractivity contribution in [3.05, 3.63) is 106 Å². The Balaban J connectivity index is 1.16. The quantitative estimate of drug-likeness (QED) is 0.0976. The van der Waals surface area contributed by atoms with E-state index >= 15 is 0 Å². The highest BCUT2D eigenvalue weighted by Crippen LogP contribution is 2.43. The number of aromatic nitrogens is 3. The number of aliphatic hydroxyl groups excluding tert-OH is 1. The number of hydrogen-bond donors (Lipinski definition) is 2. The second-order valence-electron chi connectivity index (χ2n) is 11.9. The third-order valence-electron chi connectivity index (χ3n) is 8.99. The summed E-state index contributed by atoms with van der Waals surface area (Å²) in [6.07, 6.45) is 0.567. The van der Waals surface area contributed by atoms with Crippen LogP contribution in [0.4, 0.5) is 0 Å². The molecule has 49 heavy (non-hydrogen) atoms. The molecule has 4 aromatic carbocycles. The van der Waals surface area contributed by atoms with Crippen LogP contribution in [0.1, 0.15) is 39.4 Å². The lowest BCUT2D eigenvalue weighted by Crippen LogP contribution is -2.17. The molecule has 0 bridgehead atoms. The largest absolute Gasteiger partial charge is 0.497 e. The van der Waals surface area contributed by atoms with E-state index in [0.717, 1.165) is 49.5 Å². The van der Waals surface area contributed by atoms with Crippen molar-refractivity contribution < 1.29 is 29.2 Å². The number of aliphatic hydroxyl groups is 1. The molecule has 0 saturated carbocycles. The number of fused-ring (bicyclic) bond motifs is 3. The SMILES string of the molecule is COc1ccc(CSc2cc(OCCCn3c(C(=O)O)c(C)c4c(-c5c(CO)nn6c5COCC6)c(Cl)ccc43)c3ccccc3c2)cc1. The van der Waals surface area contributed by atoms with E-state index in [9.17, 15) is 15.0 Å². The van der Waals surface area contributed by atoms with Gasteiger partial charge in [0.05, 0.1) is 51.5 Å². The summed E-state index contributed by atoms with van der Waals surface area (Å²) in [7, 11) is 1.66. The summed E-state index contributed by atoms with van der Waals surface area (Å²) in [6, 6.07) is 24.2. The molecule has 2 N–H and O–H groups in total. The van der Waals surface area contributed by atoms with Gasteiger partial charge in [0.15, 0.2) is 0 Å². The van der Waals surface area contributed by atoms with Crippen LogP contribution in [0.25, 0.3) is 32.8 Å². The normalized spacial score (nSPS) is 12.8. The molecule has 0 amide bonds. The number of carboxylic acids is 1. The van der Waals surface area contributed by atoms with Crippen molar-refractivity contribution in [3.63, 3.8) is 0 Å². The maximum atomic E-state index is 12.7. The van der Waals surface area contributed by atoms with Gasteiger partial charge in [0.2, 0.25) is 0 Å². The van der Waals surface area contributed by atoms with E-state index < -0.39 is 5.97 Å². The monoisotopic (exact) mass is 697 g/mol. The molecule has 0 radical (unpaired) electrons. The highest BCUT2D eigenvalue weighted by molar-refractivity contribution is 7.98. The van der Waals surface area contributed by atoms with Crippen LogP contribution in [-0.4, -0.2) is 50.9 Å². The van der Waals surface area contributed by atoms with Crippen molar-refractivity contribution >= 4 is 51.0 Å². The molecule has 1 aliphatic heterocycles. The molecule has 3 heterocycles. The topological polar surface area (TPSA) is 108 Å². The molecule has 252 valence electrons. The number of rotatable bonds is 12. The Kier molecular flexibility index (Phi) is 9.55. The predicted molar refractivity (Wildman–Crippen MR) is 192 cm³/mol. The lowest BCUT2D eigenvalue weighted by atomic mass is 9.96. The van der Waals surface area contributed by atoms with Gasteiger partial charge in [0.1, 0.15) is 17.2 Å². The number of halogens is 1. The molecular weight excluding hydrogens is 662 g/mol. The average molecular weight is 698 g/mol. The molecule has 7 rings (SSSR count). The van der Waals surface area contributed by atoms with E-state index in [0.29, 0.717) is 66.7 Å². The Labute approximate surface area is 293 Å². The molecule has 0 aliphatic carbocycles. The molecule has 0 saturated heterocycles. The second-order valence-corrected chi connectivity index (χ2v) is 13.4. The highest BCUT2D eigenvalue weighted by atomic mass is 35.5. The van der Waals surface area contributed by atoms with Gasteiger partial charge in [-0.3, -0.25) is 4.68 Å². The van der Waals surface area contributed by atoms with Gasteiger partial charge in [-0.1, -0.05) is 48.0 Å². The minimum atomic E-state index is -1.02. The van der Waals surface area contributed by atoms with Gasteiger partial charge < -0.3 is 29.0 Å². The first kappa shape index (κ1) is 33.0. The molecule has 0 atom stereocenters. The van der Waals surface area contributed by atoms with E-state index in [1.54, 1.807) is 24.9 Å². The van der Waals surface area contributed by atoms with Gasteiger partial charge in [-0.2, -0.15) is 5.10 Å². The second kappa shape index (κ2) is 14.2. The first-order chi connectivity index (χ1) is 23.9. The summed E-state index contributed by atoms with van der Waals surface area (Å²) in [6.45, 7) is 3.76. The molecule has 11 heteroatoms. The van der Waals surface area contributed by atoms with Gasteiger partial charge in [-0.05, 0) is 66.3 Å². The number of carbonyl (C=O) groups is 1. The van der Waals surface area contributed by atoms with Crippen LogP contribution >= 0.6 is 23.4 Å². The van der Waals surface area contributed by atoms with Crippen LogP contribution in [0, 0.1) is 6.92 Å². The van der Waals surface area contributed by atoms with Gasteiger partial charge in [0.25, 0.3) is 0 Å². The molecule has 0 spiro atoms. The summed E-state index contributed by atoms with van der Waals surface area (Å²) in [4.78, 5) is 13.8. The summed E-state index contributed by atoms with van der Waals surface area (Å²) in [5.74, 6) is 1.41. The Bertz CT molecular complexity index is 2180. The Morgan fingerprint density at radius 2 is 1.90 bits per heavy atom. The Morgan fingerprint density at radius 1 is 1.08 bits per heavy atom. The standard InChI is InChI=1S/C38H36ClN3O6S/c1-23-34-31(13-12-29(39)35(34)36-30(20-43)40-42-15-17-47-21-32(36)42)41(37(23)38(44)45)14-5-16-48-33-19-27(18-25-6-3-4-7-28(25)33)49-22-24-8-10-26(46-2)11-9-24/h3-4,6-13,18-19,43H,5,14-17,20-22H2,1-2H3,(H,44,45). The summed E-state index contributed by atoms with van der Waals surface area (Å²) in [5, 5.41) is 28.6. The average Bonchev–Trinajstić information content (AvgIpc) is 3.63. The molecule has 6 aromatic rings. The van der Waals surface area contributed by atoms with Crippen molar-refractivity contribution in [2.75, 3.05) is 20.3 Å². The molecule has 2 aromatic heterocycles. The fourth-order valence-electron chi connectivity index (χ4n) is 6.71. The molecular formula is C38H36ClN3O6S. The number of nitrogens with zero attached hydrogens (tertiary/aromatic N) is 3. The van der Waals surface area contributed by atoms with Gasteiger partial charge in [-0.25, -0.2) is 4.79 Å². The predicted octanol–water partition coefficient (Wildman–Crippen LogP) is 8.11. The first-order valence-corrected chi connectivity index (χ1v) is 17.5. The van der Waals surface area contributed by atoms with Crippen molar-refractivity contribution in [3.8, 4) is 22.6 Å². The van der Waals surface area contributed by atoms with Crippen LogP contribution < -0.4 is 9.47 Å². The lowest BCUT2D eigenvalue weighted by molar-refractivity contribution is 0.0684. The van der Waals surface area contributed by atoms with Crippen molar-refractivity contribution in [1.82, 2.24) is 14.3 Å². The first-order valence-electron chi connectivity index (χ1n) is 16.1. The number of aryl methyl sites for hydroxylation is 2. The number of hydrogen-bond acceptors (Lipinski definition) is 7. The van der Waals surface area contributed by atoms with Crippen molar-refractivity contribution in [2.24, 2.45) is 0 Å². The van der Waals surface area contributed by atoms with Crippen LogP contribution in [0.2, 0.25) is 5.02 Å². The van der Waals surface area contributed by atoms with E-state index in [4.69, 9.17) is 25.8 Å². The smallest absolute Gasteiger partial charge is 0.352 e. The van der Waals surface area contributed by atoms with Crippen LogP contribution in [0.3, 0.4) is 0 Å². The minimum absolute atomic E-state index is 0.198. The van der Waals surface area contributed by atoms with Crippen LogP contribution in [0.5, 0.6) is 11.5 Å². The number of carboxylic acid groups (broad SMARTS) is 1. The Morgan fingerprint density at radius 3 is 2.67 bits per heavy atom. The van der Waals surface area contributed by atoms with Crippen LogP contribution in [-0.2, 0) is 36.8 Å². The number of aromatic carboxylic acids is 1. The van der Waals surface area contributed by atoms with Gasteiger partial charge in [-0.15, -0.1) is 11.8 Å². The minimum Gasteiger partial charge on any atom is -0.497 e. The molecule has 0 unspecified atom stereocenters. The maximum absolute atomic E-state index is 12.7. The number of thioether (sulfide) groups is 1. The zero-order valence-electron chi connectivity index (χ0n) is 27.2. The third kappa shape index (κ3) is 6.37. The number of methoxy groups -OCH3 is 1. The van der Waals surface area contributed by atoms with E-state index in [1.807, 2.05) is 46.5 Å². The van der Waals surface area contributed by atoms with E-state index in [-0.39, 0.29) is 12.3 Å². The van der Waals surface area contributed by atoms with Crippen LogP contribution in [0.15, 0.2) is 77.7 Å². The third-order valence-corrected chi connectivity index (χ3v) is 10.3. The van der Waals surface area contributed by atoms with E-state index in [2.05, 4.69) is 41.5 Å². The number of ether oxygens (including phenoxy) is 3. The molecule has 0 fully saturated rings. The highest BCUT2D eigenvalue weighted by Gasteiger charge is 2.29. The zero-order valence-corrected chi connectivity index (χ0v) is 28.8. The number of benzene rings is 4. The van der Waals surface area contributed by atoms with Crippen molar-refractivity contribution in [1.29, 1.82) is 0 Å². The summed E-state index contributed by atoms with van der Waals surface area (Å²) in [5.41, 5.74) is 5.43. The lowest BCUT2D eigenvalue weighted by Gasteiger charge is -2.17. The van der Waals surface area contributed by atoms with E-state index in [1.165, 1.54) is 5.56 Å². The van der Waals surface area contributed by atoms with Gasteiger partial charge in [0, 0.05) is 49.6 Å². The van der Waals surface area contributed by atoms with Gasteiger partial charge >= 0.3 is 5.97 Å². The maximum Gasteiger partial charge on any atom is 0.352 e. The van der Waals surface area contributed by atoms with Crippen molar-refractivity contribution in [2.45, 2.75) is 50.3 Å².